The number of carbonyl (C=O) groups is 1. The third kappa shape index (κ3) is 3.37. The Morgan fingerprint density at radius 2 is 1.96 bits per heavy atom. The lowest BCUT2D eigenvalue weighted by Gasteiger charge is -2.17. The van der Waals surface area contributed by atoms with Crippen LogP contribution in [0.3, 0.4) is 0 Å². The Bertz CT molecular complexity index is 985. The molecule has 0 radical (unpaired) electrons. The highest BCUT2D eigenvalue weighted by molar-refractivity contribution is 9.10. The smallest absolute Gasteiger partial charge is 0.252 e. The van der Waals surface area contributed by atoms with Gasteiger partial charge in [0.05, 0.1) is 34.0 Å². The Kier molecular flexibility index (Phi) is 5.13. The van der Waals surface area contributed by atoms with E-state index in [-0.39, 0.29) is 0 Å². The number of fused-ring (bicyclic) bond motifs is 1. The number of rotatable bonds is 5. The Morgan fingerprint density at radius 3 is 2.54 bits per heavy atom. The Hall–Kier alpha value is -2.60. The normalized spacial score (nSPS) is 10.8. The van der Waals surface area contributed by atoms with Crippen LogP contribution in [0.15, 0.2) is 40.9 Å². The van der Waals surface area contributed by atoms with Crippen molar-refractivity contribution in [1.82, 2.24) is 4.98 Å². The average Bonchev–Trinajstić information content (AvgIpc) is 2.62. The van der Waals surface area contributed by atoms with Crippen molar-refractivity contribution in [2.24, 2.45) is 5.73 Å². The molecular formula is C20H20BrN3O2. The van der Waals surface area contributed by atoms with Crippen molar-refractivity contribution in [2.45, 2.75) is 20.3 Å². The second-order valence-corrected chi connectivity index (χ2v) is 6.88. The molecule has 5 nitrogen and oxygen atoms in total. The summed E-state index contributed by atoms with van der Waals surface area (Å²) in [5, 5.41) is 4.13. The van der Waals surface area contributed by atoms with E-state index in [1.54, 1.807) is 7.11 Å². The van der Waals surface area contributed by atoms with Crippen LogP contribution in [-0.4, -0.2) is 18.0 Å². The zero-order chi connectivity index (χ0) is 18.8. The third-order valence-corrected chi connectivity index (χ3v) is 4.86. The van der Waals surface area contributed by atoms with Crippen LogP contribution in [0.1, 0.15) is 28.5 Å². The summed E-state index contributed by atoms with van der Waals surface area (Å²) in [5.74, 6) is 0.152. The lowest BCUT2D eigenvalue weighted by molar-refractivity contribution is 0.1000. The van der Waals surface area contributed by atoms with Crippen LogP contribution < -0.4 is 15.8 Å². The molecule has 0 fully saturated rings. The highest BCUT2D eigenvalue weighted by atomic mass is 79.9. The molecule has 0 atom stereocenters. The van der Waals surface area contributed by atoms with Crippen molar-refractivity contribution >= 4 is 44.1 Å². The molecule has 0 saturated carbocycles. The van der Waals surface area contributed by atoms with Crippen molar-refractivity contribution in [2.75, 3.05) is 12.4 Å². The Labute approximate surface area is 160 Å². The second kappa shape index (κ2) is 7.33. The number of amides is 1. The fourth-order valence-electron chi connectivity index (χ4n) is 2.90. The molecule has 0 bridgehead atoms. The number of aryl methyl sites for hydroxylation is 2. The summed E-state index contributed by atoms with van der Waals surface area (Å²) >= 11 is 3.49. The molecule has 3 rings (SSSR count). The van der Waals surface area contributed by atoms with Crippen molar-refractivity contribution in [3.05, 3.63) is 57.7 Å². The molecule has 134 valence electrons. The maximum Gasteiger partial charge on any atom is 0.252 e. The van der Waals surface area contributed by atoms with Crippen molar-refractivity contribution in [1.29, 1.82) is 0 Å². The first-order chi connectivity index (χ1) is 12.4. The van der Waals surface area contributed by atoms with Gasteiger partial charge in [0.15, 0.2) is 0 Å². The van der Waals surface area contributed by atoms with Crippen LogP contribution in [0.5, 0.6) is 5.75 Å². The van der Waals surface area contributed by atoms with Gasteiger partial charge in [0.2, 0.25) is 0 Å². The van der Waals surface area contributed by atoms with Crippen LogP contribution in [-0.2, 0) is 6.42 Å². The van der Waals surface area contributed by atoms with Crippen LogP contribution >= 0.6 is 15.9 Å². The molecule has 1 heterocycles. The zero-order valence-electron chi connectivity index (χ0n) is 14.9. The number of methoxy groups -OCH3 is 1. The van der Waals surface area contributed by atoms with E-state index >= 15 is 0 Å². The first kappa shape index (κ1) is 18.2. The van der Waals surface area contributed by atoms with Gasteiger partial charge in [0.1, 0.15) is 5.75 Å². The summed E-state index contributed by atoms with van der Waals surface area (Å²) < 4.78 is 6.21. The van der Waals surface area contributed by atoms with Gasteiger partial charge in [-0.2, -0.15) is 0 Å². The minimum Gasteiger partial charge on any atom is -0.496 e. The number of halogens is 1. The van der Waals surface area contributed by atoms with Crippen molar-refractivity contribution in [3.8, 4) is 5.75 Å². The predicted octanol–water partition coefficient (Wildman–Crippen LogP) is 4.72. The molecule has 3 N–H and O–H groups in total. The van der Waals surface area contributed by atoms with Crippen molar-refractivity contribution < 1.29 is 9.53 Å². The number of hydrogen-bond acceptors (Lipinski definition) is 4. The fraction of sp³-hybridized carbons (Fsp3) is 0.200. The number of aromatic nitrogens is 1. The number of pyridine rings is 1. The predicted molar refractivity (Wildman–Crippen MR) is 108 cm³/mol. The maximum atomic E-state index is 12.2. The number of anilines is 2. The van der Waals surface area contributed by atoms with E-state index in [0.717, 1.165) is 26.6 Å². The Balaban J connectivity index is 2.31. The van der Waals surface area contributed by atoms with Gasteiger partial charge < -0.3 is 15.8 Å². The molecule has 1 aromatic heterocycles. The molecule has 0 aliphatic carbocycles. The summed E-state index contributed by atoms with van der Waals surface area (Å²) in [4.78, 5) is 16.9. The topological polar surface area (TPSA) is 77.2 Å². The largest absolute Gasteiger partial charge is 0.496 e. The van der Waals surface area contributed by atoms with E-state index in [4.69, 9.17) is 10.5 Å². The van der Waals surface area contributed by atoms with Crippen LogP contribution in [0, 0.1) is 6.92 Å². The van der Waals surface area contributed by atoms with Crippen LogP contribution in [0.25, 0.3) is 10.9 Å². The number of nitrogens with one attached hydrogen (secondary N) is 1. The third-order valence-electron chi connectivity index (χ3n) is 4.24. The summed E-state index contributed by atoms with van der Waals surface area (Å²) in [6, 6.07) is 11.7. The summed E-state index contributed by atoms with van der Waals surface area (Å²) in [6.07, 6.45) is 0.598. The maximum absolute atomic E-state index is 12.2. The van der Waals surface area contributed by atoms with Crippen LogP contribution in [0.4, 0.5) is 11.4 Å². The fourth-order valence-corrected chi connectivity index (χ4v) is 3.40. The van der Waals surface area contributed by atoms with E-state index in [1.807, 2.05) is 50.2 Å². The van der Waals surface area contributed by atoms with Crippen LogP contribution in [0.2, 0.25) is 0 Å². The molecule has 0 aliphatic rings. The molecule has 0 saturated heterocycles. The highest BCUT2D eigenvalue weighted by Crippen LogP contribution is 2.37. The number of primary amides is 1. The van der Waals surface area contributed by atoms with E-state index < -0.39 is 5.91 Å². The molecule has 2 aromatic carbocycles. The van der Waals surface area contributed by atoms with E-state index in [0.29, 0.717) is 29.1 Å². The number of hydrogen-bond donors (Lipinski definition) is 2. The molecule has 26 heavy (non-hydrogen) atoms. The molecule has 0 aliphatic heterocycles. The van der Waals surface area contributed by atoms with Gasteiger partial charge in [-0.05, 0) is 53.5 Å². The zero-order valence-corrected chi connectivity index (χ0v) is 16.5. The average molecular weight is 414 g/mol. The molecule has 6 heteroatoms. The van der Waals surface area contributed by atoms with E-state index in [9.17, 15) is 4.79 Å². The van der Waals surface area contributed by atoms with Crippen molar-refractivity contribution in [3.63, 3.8) is 0 Å². The van der Waals surface area contributed by atoms with Gasteiger partial charge in [-0.3, -0.25) is 9.78 Å². The minimum atomic E-state index is -0.507. The molecule has 0 unspecified atom stereocenters. The molecule has 1 amide bonds. The van der Waals surface area contributed by atoms with E-state index in [2.05, 4.69) is 26.2 Å². The number of benzene rings is 2. The van der Waals surface area contributed by atoms with Gasteiger partial charge >= 0.3 is 0 Å². The summed E-state index contributed by atoms with van der Waals surface area (Å²) in [6.45, 7) is 3.98. The molecule has 3 aromatic rings. The quantitative estimate of drug-likeness (QED) is 0.634. The molecule has 0 spiro atoms. The first-order valence-electron chi connectivity index (χ1n) is 8.28. The lowest BCUT2D eigenvalue weighted by atomic mass is 10.0. The van der Waals surface area contributed by atoms with Gasteiger partial charge in [-0.1, -0.05) is 24.6 Å². The number of carbonyl (C=O) groups excluding carboxylic acids is 1. The Morgan fingerprint density at radius 1 is 1.27 bits per heavy atom. The van der Waals surface area contributed by atoms with Gasteiger partial charge in [0, 0.05) is 11.1 Å². The number of nitrogens with zero attached hydrogens (tertiary/aromatic N) is 1. The SMILES string of the molecule is CCc1nc2cc(Br)c(OC)cc2c(Nc2ccc(C)cc2)c1C(N)=O. The summed E-state index contributed by atoms with van der Waals surface area (Å²) in [5.41, 5.74) is 10.2. The first-order valence-corrected chi connectivity index (χ1v) is 9.07. The minimum absolute atomic E-state index is 0.407. The van der Waals surface area contributed by atoms with Gasteiger partial charge in [0.25, 0.3) is 5.91 Å². The van der Waals surface area contributed by atoms with Gasteiger partial charge in [-0.25, -0.2) is 0 Å². The number of ether oxygens (including phenoxy) is 1. The lowest BCUT2D eigenvalue weighted by Crippen LogP contribution is -2.17. The van der Waals surface area contributed by atoms with E-state index in [1.165, 1.54) is 0 Å². The van der Waals surface area contributed by atoms with Gasteiger partial charge in [-0.15, -0.1) is 0 Å². The second-order valence-electron chi connectivity index (χ2n) is 6.02. The highest BCUT2D eigenvalue weighted by Gasteiger charge is 2.20. The standard InChI is InChI=1S/C20H20BrN3O2/c1-4-15-18(20(22)25)19(23-12-7-5-11(2)6-8-12)13-9-17(26-3)14(21)10-16(13)24-15/h5-10H,4H2,1-3H3,(H2,22,25)(H,23,24). The number of nitrogens with two attached hydrogens (primary N) is 1. The summed E-state index contributed by atoms with van der Waals surface area (Å²) in [7, 11) is 1.60. The molecular weight excluding hydrogens is 394 g/mol. The monoisotopic (exact) mass is 413 g/mol.